The van der Waals surface area contributed by atoms with Gasteiger partial charge in [-0.05, 0) is 46.9 Å². The van der Waals surface area contributed by atoms with Crippen molar-refractivity contribution in [1.82, 2.24) is 15.2 Å². The highest BCUT2D eigenvalue weighted by Gasteiger charge is 2.26. The van der Waals surface area contributed by atoms with Crippen LogP contribution in [0.5, 0.6) is 5.75 Å². The molecule has 0 bridgehead atoms. The average Bonchev–Trinajstić information content (AvgIpc) is 3.23. The van der Waals surface area contributed by atoms with Crippen molar-refractivity contribution in [2.45, 2.75) is 18.8 Å². The van der Waals surface area contributed by atoms with Gasteiger partial charge < -0.3 is 10.5 Å². The van der Waals surface area contributed by atoms with E-state index in [0.29, 0.717) is 6.54 Å². The summed E-state index contributed by atoms with van der Waals surface area (Å²) in [5.74, 6) is 0.863. The summed E-state index contributed by atoms with van der Waals surface area (Å²) in [6.07, 6.45) is 4.49. The lowest BCUT2D eigenvalue weighted by Crippen LogP contribution is -2.34. The fourth-order valence-corrected chi connectivity index (χ4v) is 3.65. The molecule has 2 aromatic carbocycles. The van der Waals surface area contributed by atoms with Crippen molar-refractivity contribution in [3.8, 4) is 16.9 Å². The van der Waals surface area contributed by atoms with Crippen LogP contribution in [0.4, 0.5) is 0 Å². The third kappa shape index (κ3) is 3.37. The smallest absolute Gasteiger partial charge is 0.155 e. The quantitative estimate of drug-likeness (QED) is 0.534. The van der Waals surface area contributed by atoms with Crippen LogP contribution in [-0.2, 0) is 11.8 Å². The lowest BCUT2D eigenvalue weighted by Gasteiger charge is -2.29. The van der Waals surface area contributed by atoms with E-state index >= 15 is 0 Å². The molecule has 5 nitrogen and oxygen atoms in total. The van der Waals surface area contributed by atoms with Crippen LogP contribution in [0, 0.1) is 0 Å². The maximum Gasteiger partial charge on any atom is 0.155 e. The predicted molar refractivity (Wildman–Crippen MR) is 112 cm³/mol. The standard InChI is InChI=1S/C23H24N4O/c1-23(15-24,13-16-6-8-19(28-2)9-7-16)18-5-3-4-17(12-18)20-10-11-25-22-21(20)14-26-27-22/h3-12,14H,13,15,24H2,1-2H3,(H,25,26,27). The molecule has 0 aliphatic rings. The Balaban J connectivity index is 1.70. The summed E-state index contributed by atoms with van der Waals surface area (Å²) in [7, 11) is 1.68. The van der Waals surface area contributed by atoms with Gasteiger partial charge in [-0.15, -0.1) is 0 Å². The summed E-state index contributed by atoms with van der Waals surface area (Å²) >= 11 is 0. The van der Waals surface area contributed by atoms with Gasteiger partial charge in [-0.2, -0.15) is 5.10 Å². The number of benzene rings is 2. The molecule has 2 heterocycles. The van der Waals surface area contributed by atoms with Gasteiger partial charge in [0.05, 0.1) is 13.3 Å². The fourth-order valence-electron chi connectivity index (χ4n) is 3.65. The number of H-pyrrole nitrogens is 1. The normalized spacial score (nSPS) is 13.4. The molecule has 28 heavy (non-hydrogen) atoms. The first-order chi connectivity index (χ1) is 13.6. The molecule has 0 amide bonds. The first kappa shape index (κ1) is 18.2. The summed E-state index contributed by atoms with van der Waals surface area (Å²) in [6, 6.07) is 18.8. The van der Waals surface area contributed by atoms with Crippen LogP contribution in [0.2, 0.25) is 0 Å². The van der Waals surface area contributed by atoms with Crippen LogP contribution < -0.4 is 10.5 Å². The number of nitrogens with one attached hydrogen (secondary N) is 1. The van der Waals surface area contributed by atoms with Crippen molar-refractivity contribution < 1.29 is 4.74 Å². The molecule has 3 N–H and O–H groups in total. The Hall–Kier alpha value is -3.18. The van der Waals surface area contributed by atoms with Crippen molar-refractivity contribution in [2.24, 2.45) is 5.73 Å². The maximum absolute atomic E-state index is 6.26. The van der Waals surface area contributed by atoms with Gasteiger partial charge in [-0.25, -0.2) is 4.98 Å². The Morgan fingerprint density at radius 3 is 2.68 bits per heavy atom. The highest BCUT2D eigenvalue weighted by atomic mass is 16.5. The second kappa shape index (κ2) is 7.44. The number of pyridine rings is 1. The lowest BCUT2D eigenvalue weighted by molar-refractivity contribution is 0.414. The number of nitrogens with zero attached hydrogens (tertiary/aromatic N) is 2. The van der Waals surface area contributed by atoms with Crippen LogP contribution in [-0.4, -0.2) is 28.8 Å². The van der Waals surface area contributed by atoms with Gasteiger partial charge in [0.2, 0.25) is 0 Å². The van der Waals surface area contributed by atoms with E-state index in [1.54, 1.807) is 7.11 Å². The van der Waals surface area contributed by atoms with Gasteiger partial charge in [0.15, 0.2) is 5.65 Å². The van der Waals surface area contributed by atoms with Crippen LogP contribution in [0.1, 0.15) is 18.1 Å². The minimum absolute atomic E-state index is 0.173. The molecule has 142 valence electrons. The SMILES string of the molecule is COc1ccc(CC(C)(CN)c2cccc(-c3ccnc4[nH]ncc34)c2)cc1. The van der Waals surface area contributed by atoms with Crippen LogP contribution in [0.25, 0.3) is 22.2 Å². The van der Waals surface area contributed by atoms with E-state index in [0.717, 1.165) is 34.3 Å². The van der Waals surface area contributed by atoms with Crippen LogP contribution >= 0.6 is 0 Å². The zero-order chi connectivity index (χ0) is 19.6. The van der Waals surface area contributed by atoms with Crippen molar-refractivity contribution in [3.63, 3.8) is 0 Å². The van der Waals surface area contributed by atoms with Gasteiger partial charge in [0, 0.05) is 23.5 Å². The summed E-state index contributed by atoms with van der Waals surface area (Å²) < 4.78 is 5.27. The van der Waals surface area contributed by atoms with E-state index in [4.69, 9.17) is 10.5 Å². The summed E-state index contributed by atoms with van der Waals surface area (Å²) in [4.78, 5) is 4.34. The third-order valence-corrected chi connectivity index (χ3v) is 5.43. The molecule has 4 aromatic rings. The van der Waals surface area contributed by atoms with E-state index in [1.807, 2.05) is 30.6 Å². The van der Waals surface area contributed by atoms with E-state index in [-0.39, 0.29) is 5.41 Å². The molecular weight excluding hydrogens is 348 g/mol. The monoisotopic (exact) mass is 372 g/mol. The van der Waals surface area contributed by atoms with Gasteiger partial charge >= 0.3 is 0 Å². The molecule has 0 spiro atoms. The van der Waals surface area contributed by atoms with Gasteiger partial charge in [-0.1, -0.05) is 43.3 Å². The molecule has 4 rings (SSSR count). The van der Waals surface area contributed by atoms with E-state index < -0.39 is 0 Å². The van der Waals surface area contributed by atoms with E-state index in [1.165, 1.54) is 11.1 Å². The van der Waals surface area contributed by atoms with Crippen LogP contribution in [0.3, 0.4) is 0 Å². The predicted octanol–water partition coefficient (Wildman–Crippen LogP) is 4.09. The Morgan fingerprint density at radius 1 is 1.11 bits per heavy atom. The topological polar surface area (TPSA) is 76.8 Å². The minimum Gasteiger partial charge on any atom is -0.497 e. The average molecular weight is 372 g/mol. The number of rotatable bonds is 6. The molecule has 0 saturated carbocycles. The molecular formula is C23H24N4O. The van der Waals surface area contributed by atoms with Crippen molar-refractivity contribution >= 4 is 11.0 Å². The molecule has 0 aliphatic carbocycles. The summed E-state index contributed by atoms with van der Waals surface area (Å²) in [6.45, 7) is 2.77. The number of methoxy groups -OCH3 is 1. The van der Waals surface area contributed by atoms with Crippen LogP contribution in [0.15, 0.2) is 67.0 Å². The Morgan fingerprint density at radius 2 is 1.93 bits per heavy atom. The lowest BCUT2D eigenvalue weighted by atomic mass is 9.76. The molecule has 1 unspecified atom stereocenters. The molecule has 1 atom stereocenters. The Kier molecular flexibility index (Phi) is 4.84. The zero-order valence-corrected chi connectivity index (χ0v) is 16.1. The summed E-state index contributed by atoms with van der Waals surface area (Å²) in [5, 5.41) is 8.08. The molecule has 5 heteroatoms. The van der Waals surface area contributed by atoms with Gasteiger partial charge in [-0.3, -0.25) is 5.10 Å². The number of fused-ring (bicyclic) bond motifs is 1. The fraction of sp³-hybridized carbons (Fsp3) is 0.217. The Bertz CT molecular complexity index is 1090. The molecule has 0 radical (unpaired) electrons. The van der Waals surface area contributed by atoms with Gasteiger partial charge in [0.1, 0.15) is 5.75 Å². The number of nitrogens with two attached hydrogens (primary N) is 1. The largest absolute Gasteiger partial charge is 0.497 e. The van der Waals surface area contributed by atoms with E-state index in [2.05, 4.69) is 58.5 Å². The van der Waals surface area contributed by atoms with E-state index in [9.17, 15) is 0 Å². The number of hydrogen-bond acceptors (Lipinski definition) is 4. The zero-order valence-electron chi connectivity index (χ0n) is 16.1. The van der Waals surface area contributed by atoms with Crippen molar-refractivity contribution in [2.75, 3.05) is 13.7 Å². The highest BCUT2D eigenvalue weighted by molar-refractivity contribution is 5.92. The molecule has 2 aromatic heterocycles. The highest BCUT2D eigenvalue weighted by Crippen LogP contribution is 2.33. The maximum atomic E-state index is 6.26. The van der Waals surface area contributed by atoms with Crippen molar-refractivity contribution in [1.29, 1.82) is 0 Å². The number of hydrogen-bond donors (Lipinski definition) is 2. The number of aromatic nitrogens is 3. The molecule has 0 saturated heterocycles. The number of ether oxygens (including phenoxy) is 1. The second-order valence-electron chi connectivity index (χ2n) is 7.36. The number of aromatic amines is 1. The molecule has 0 aliphatic heterocycles. The minimum atomic E-state index is -0.173. The Labute approximate surface area is 164 Å². The first-order valence-electron chi connectivity index (χ1n) is 9.35. The molecule has 0 fully saturated rings. The first-order valence-corrected chi connectivity index (χ1v) is 9.35. The second-order valence-corrected chi connectivity index (χ2v) is 7.36. The van der Waals surface area contributed by atoms with Gasteiger partial charge in [0.25, 0.3) is 0 Å². The summed E-state index contributed by atoms with van der Waals surface area (Å²) in [5.41, 5.74) is 11.6. The third-order valence-electron chi connectivity index (χ3n) is 5.43. The van der Waals surface area contributed by atoms with Crippen molar-refractivity contribution in [3.05, 3.63) is 78.1 Å².